The molecule has 0 unspecified atom stereocenters. The van der Waals surface area contributed by atoms with Crippen LogP contribution in [-0.2, 0) is 0 Å². The van der Waals surface area contributed by atoms with Crippen molar-refractivity contribution in [3.05, 3.63) is 45.1 Å². The minimum atomic E-state index is -0.0768. The van der Waals surface area contributed by atoms with Gasteiger partial charge < -0.3 is 19.1 Å². The van der Waals surface area contributed by atoms with Crippen molar-refractivity contribution in [3.63, 3.8) is 0 Å². The minimum Gasteiger partial charge on any atom is -0.493 e. The molecule has 5 nitrogen and oxygen atoms in total. The summed E-state index contributed by atoms with van der Waals surface area (Å²) in [5.74, 6) is 2.23. The van der Waals surface area contributed by atoms with Crippen molar-refractivity contribution in [1.82, 2.24) is 4.90 Å². The van der Waals surface area contributed by atoms with E-state index in [1.807, 2.05) is 17.5 Å². The maximum absolute atomic E-state index is 13.0. The summed E-state index contributed by atoms with van der Waals surface area (Å²) in [6.07, 6.45) is 2.05. The van der Waals surface area contributed by atoms with Gasteiger partial charge in [0.2, 0.25) is 5.75 Å². The molecule has 1 fully saturated rings. The molecule has 7 heteroatoms. The average Bonchev–Trinajstić information content (AvgIpc) is 3.32. The second kappa shape index (κ2) is 7.84. The smallest absolute Gasteiger partial charge is 0.258 e. The van der Waals surface area contributed by atoms with Crippen molar-refractivity contribution in [2.45, 2.75) is 0 Å². The maximum Gasteiger partial charge on any atom is 0.258 e. The molecule has 1 aromatic carbocycles. The van der Waals surface area contributed by atoms with Crippen LogP contribution in [0.2, 0.25) is 0 Å². The molecule has 1 aliphatic rings. The van der Waals surface area contributed by atoms with Gasteiger partial charge in [0.25, 0.3) is 5.91 Å². The number of rotatable bonds is 5. The second-order valence-electron chi connectivity index (χ2n) is 5.22. The summed E-state index contributed by atoms with van der Waals surface area (Å²) in [5.41, 5.74) is 0.508. The predicted octanol–water partition coefficient (Wildman–Crippen LogP) is 3.96. The largest absolute Gasteiger partial charge is 0.493 e. The number of amides is 1. The molecule has 2 aromatic rings. The first kappa shape index (κ1) is 17.7. The van der Waals surface area contributed by atoms with E-state index in [1.165, 1.54) is 0 Å². The molecule has 1 amide bonds. The number of benzene rings is 1. The quantitative estimate of drug-likeness (QED) is 0.789. The van der Waals surface area contributed by atoms with Crippen LogP contribution in [0.3, 0.4) is 0 Å². The molecule has 0 bridgehead atoms. The lowest BCUT2D eigenvalue weighted by molar-refractivity contribution is 0.0830. The summed E-state index contributed by atoms with van der Waals surface area (Å²) in [7, 11) is 4.62. The number of nitrogens with zero attached hydrogens (tertiary/aromatic N) is 1. The molecule has 0 spiro atoms. The number of thiophene rings is 1. The summed E-state index contributed by atoms with van der Waals surface area (Å²) in [6.45, 7) is 0.678. The Bertz CT molecular complexity index is 761. The fourth-order valence-corrected chi connectivity index (χ4v) is 4.36. The van der Waals surface area contributed by atoms with Crippen LogP contribution in [0.25, 0.3) is 6.08 Å². The molecule has 25 heavy (non-hydrogen) atoms. The van der Waals surface area contributed by atoms with E-state index in [1.54, 1.807) is 61.5 Å². The summed E-state index contributed by atoms with van der Waals surface area (Å²) < 4.78 is 16.0. The van der Waals surface area contributed by atoms with Gasteiger partial charge in [-0.05, 0) is 29.7 Å². The number of carbonyl (C=O) groups is 1. The van der Waals surface area contributed by atoms with Crippen LogP contribution < -0.4 is 14.2 Å². The summed E-state index contributed by atoms with van der Waals surface area (Å²) in [5, 5.41) is 2.98. The fraction of sp³-hybridized carbons (Fsp3) is 0.278. The van der Waals surface area contributed by atoms with Crippen molar-refractivity contribution in [1.29, 1.82) is 0 Å². The SMILES string of the molecule is COc1cc(C(=O)N2CCS/C2=C/c2cccs2)cc(OC)c1OC. The standard InChI is InChI=1S/C18H19NO4S2/c1-21-14-9-12(10-15(22-2)17(14)23-3)18(20)19-6-8-25-16(19)11-13-5-4-7-24-13/h4-5,7,9-11H,6,8H2,1-3H3/b16-11+. The number of ether oxygens (including phenoxy) is 3. The Morgan fingerprint density at radius 2 is 1.88 bits per heavy atom. The minimum absolute atomic E-state index is 0.0768. The molecule has 1 saturated heterocycles. The molecular formula is C18H19NO4S2. The van der Waals surface area contributed by atoms with Crippen molar-refractivity contribution < 1.29 is 19.0 Å². The van der Waals surface area contributed by atoms with Crippen LogP contribution >= 0.6 is 23.1 Å². The van der Waals surface area contributed by atoms with Gasteiger partial charge in [0.1, 0.15) is 0 Å². The average molecular weight is 377 g/mol. The highest BCUT2D eigenvalue weighted by Gasteiger charge is 2.27. The molecule has 0 radical (unpaired) electrons. The highest BCUT2D eigenvalue weighted by atomic mass is 32.2. The topological polar surface area (TPSA) is 48.0 Å². The maximum atomic E-state index is 13.0. The number of methoxy groups -OCH3 is 3. The van der Waals surface area contributed by atoms with Gasteiger partial charge in [0.05, 0.1) is 26.4 Å². The van der Waals surface area contributed by atoms with E-state index in [4.69, 9.17) is 14.2 Å². The van der Waals surface area contributed by atoms with Crippen molar-refractivity contribution in [2.24, 2.45) is 0 Å². The second-order valence-corrected chi connectivity index (χ2v) is 7.31. The van der Waals surface area contributed by atoms with Gasteiger partial charge in [-0.15, -0.1) is 23.1 Å². The van der Waals surface area contributed by atoms with E-state index in [0.717, 1.165) is 15.7 Å². The molecule has 1 aliphatic heterocycles. The lowest BCUT2D eigenvalue weighted by Crippen LogP contribution is -2.26. The van der Waals surface area contributed by atoms with Crippen LogP contribution in [0.5, 0.6) is 17.2 Å². The van der Waals surface area contributed by atoms with Gasteiger partial charge in [0, 0.05) is 22.7 Å². The third-order valence-electron chi connectivity index (χ3n) is 3.80. The van der Waals surface area contributed by atoms with Crippen LogP contribution in [-0.4, -0.2) is 44.4 Å². The van der Waals surface area contributed by atoms with Crippen LogP contribution in [0.4, 0.5) is 0 Å². The zero-order valence-corrected chi connectivity index (χ0v) is 15.9. The Morgan fingerprint density at radius 3 is 2.44 bits per heavy atom. The summed E-state index contributed by atoms with van der Waals surface area (Å²) in [6, 6.07) is 7.42. The number of thioether (sulfide) groups is 1. The Morgan fingerprint density at radius 1 is 1.16 bits per heavy atom. The van der Waals surface area contributed by atoms with Gasteiger partial charge in [0.15, 0.2) is 11.5 Å². The van der Waals surface area contributed by atoms with Gasteiger partial charge in [-0.1, -0.05) is 6.07 Å². The highest BCUT2D eigenvalue weighted by Crippen LogP contribution is 2.39. The highest BCUT2D eigenvalue weighted by molar-refractivity contribution is 8.03. The first-order chi connectivity index (χ1) is 12.2. The molecule has 2 heterocycles. The van der Waals surface area contributed by atoms with E-state index in [-0.39, 0.29) is 5.91 Å². The van der Waals surface area contributed by atoms with Crippen molar-refractivity contribution in [2.75, 3.05) is 33.6 Å². The van der Waals surface area contributed by atoms with E-state index >= 15 is 0 Å². The molecule has 132 valence electrons. The van der Waals surface area contributed by atoms with Crippen molar-refractivity contribution >= 4 is 35.1 Å². The van der Waals surface area contributed by atoms with E-state index in [2.05, 4.69) is 6.08 Å². The lowest BCUT2D eigenvalue weighted by atomic mass is 10.1. The van der Waals surface area contributed by atoms with Crippen LogP contribution in [0.15, 0.2) is 34.7 Å². The third-order valence-corrected chi connectivity index (χ3v) is 5.64. The summed E-state index contributed by atoms with van der Waals surface area (Å²) in [4.78, 5) is 16.0. The summed E-state index contributed by atoms with van der Waals surface area (Å²) >= 11 is 3.34. The van der Waals surface area contributed by atoms with E-state index in [9.17, 15) is 4.79 Å². The molecule has 0 N–H and O–H groups in total. The van der Waals surface area contributed by atoms with Crippen LogP contribution in [0.1, 0.15) is 15.2 Å². The molecule has 0 aliphatic carbocycles. The Kier molecular flexibility index (Phi) is 5.55. The molecule has 3 rings (SSSR count). The monoisotopic (exact) mass is 377 g/mol. The van der Waals surface area contributed by atoms with Crippen molar-refractivity contribution in [3.8, 4) is 17.2 Å². The van der Waals surface area contributed by atoms with Gasteiger partial charge in [-0.25, -0.2) is 0 Å². The number of hydrogen-bond donors (Lipinski definition) is 0. The van der Waals surface area contributed by atoms with Gasteiger partial charge >= 0.3 is 0 Å². The Balaban J connectivity index is 1.94. The normalized spacial score (nSPS) is 15.5. The van der Waals surface area contributed by atoms with Gasteiger partial charge in [-0.2, -0.15) is 0 Å². The molecular weight excluding hydrogens is 358 g/mol. The molecule has 0 atom stereocenters. The predicted molar refractivity (Wildman–Crippen MR) is 102 cm³/mol. The zero-order chi connectivity index (χ0) is 17.8. The Labute approximate surface area is 155 Å². The first-order valence-electron chi connectivity index (χ1n) is 7.67. The molecule has 1 aromatic heterocycles. The Hall–Kier alpha value is -2.12. The first-order valence-corrected chi connectivity index (χ1v) is 9.54. The number of carbonyl (C=O) groups excluding carboxylic acids is 1. The third kappa shape index (κ3) is 3.62. The van der Waals surface area contributed by atoms with Crippen LogP contribution in [0, 0.1) is 0 Å². The number of hydrogen-bond acceptors (Lipinski definition) is 6. The van der Waals surface area contributed by atoms with E-state index < -0.39 is 0 Å². The molecule has 0 saturated carbocycles. The zero-order valence-electron chi connectivity index (χ0n) is 14.3. The lowest BCUT2D eigenvalue weighted by Gasteiger charge is -2.19. The fourth-order valence-electron chi connectivity index (χ4n) is 2.61. The van der Waals surface area contributed by atoms with E-state index in [0.29, 0.717) is 29.4 Å². The van der Waals surface area contributed by atoms with Gasteiger partial charge in [-0.3, -0.25) is 4.79 Å².